The van der Waals surface area contributed by atoms with Crippen molar-refractivity contribution in [1.29, 1.82) is 0 Å². The summed E-state index contributed by atoms with van der Waals surface area (Å²) in [6.45, 7) is 19.1. The van der Waals surface area contributed by atoms with Gasteiger partial charge in [0.15, 0.2) is 5.78 Å². The fourth-order valence-electron chi connectivity index (χ4n) is 11.8. The van der Waals surface area contributed by atoms with Crippen molar-refractivity contribution in [2.75, 3.05) is 19.6 Å². The van der Waals surface area contributed by atoms with Crippen LogP contribution in [0.15, 0.2) is 22.4 Å². The Balaban J connectivity index is 1.33. The summed E-state index contributed by atoms with van der Waals surface area (Å²) in [6.07, 6.45) is 12.4. The number of carbonyl (C=O) groups is 1. The molecule has 5 heteroatoms. The number of fused-ring (bicyclic) bond motifs is 8. The monoisotopic (exact) mass is 536 g/mol. The van der Waals surface area contributed by atoms with Gasteiger partial charge in [-0.05, 0) is 96.4 Å². The van der Waals surface area contributed by atoms with Crippen LogP contribution >= 0.6 is 0 Å². The van der Waals surface area contributed by atoms with E-state index < -0.39 is 6.17 Å². The molecule has 39 heavy (non-hydrogen) atoms. The Labute approximate surface area is 234 Å². The lowest BCUT2D eigenvalue weighted by Gasteiger charge is -2.70. The summed E-state index contributed by atoms with van der Waals surface area (Å²) < 4.78 is 19.7. The molecule has 4 fully saturated rings. The molecular weight excluding hydrogens is 487 g/mol. The van der Waals surface area contributed by atoms with Gasteiger partial charge in [-0.25, -0.2) is 4.39 Å². The van der Waals surface area contributed by atoms with Crippen LogP contribution in [0, 0.1) is 44.8 Å². The lowest BCUT2D eigenvalue weighted by atomic mass is 9.34. The second-order valence-corrected chi connectivity index (χ2v) is 16.9. The molecule has 1 aromatic heterocycles. The second-order valence-electron chi connectivity index (χ2n) is 16.9. The van der Waals surface area contributed by atoms with E-state index in [4.69, 9.17) is 4.52 Å². The highest BCUT2D eigenvalue weighted by molar-refractivity contribution is 5.95. The Morgan fingerprint density at radius 1 is 1.03 bits per heavy atom. The van der Waals surface area contributed by atoms with Crippen molar-refractivity contribution >= 4 is 5.78 Å². The van der Waals surface area contributed by atoms with Gasteiger partial charge in [-0.15, -0.1) is 0 Å². The van der Waals surface area contributed by atoms with E-state index in [1.165, 1.54) is 30.4 Å². The first-order valence-electron chi connectivity index (χ1n) is 15.7. The van der Waals surface area contributed by atoms with Crippen LogP contribution in [0.2, 0.25) is 0 Å². The Hall–Kier alpha value is -1.49. The van der Waals surface area contributed by atoms with Crippen LogP contribution < -0.4 is 0 Å². The summed E-state index contributed by atoms with van der Waals surface area (Å²) in [5.41, 5.74) is 2.78. The molecule has 0 bridgehead atoms. The molecular formula is C34H49FN2O2. The van der Waals surface area contributed by atoms with Gasteiger partial charge in [-0.1, -0.05) is 59.2 Å². The third-order valence-electron chi connectivity index (χ3n) is 14.0. The maximum Gasteiger partial charge on any atom is 0.159 e. The van der Waals surface area contributed by atoms with Crippen molar-refractivity contribution in [1.82, 2.24) is 10.1 Å². The van der Waals surface area contributed by atoms with Gasteiger partial charge in [-0.2, -0.15) is 0 Å². The predicted octanol–water partition coefficient (Wildman–Crippen LogP) is 7.32. The third-order valence-corrected chi connectivity index (χ3v) is 14.0. The van der Waals surface area contributed by atoms with Crippen LogP contribution in [-0.4, -0.2) is 41.6 Å². The fraction of sp³-hybridized carbons (Fsp3) is 0.824. The van der Waals surface area contributed by atoms with Gasteiger partial charge in [-0.3, -0.25) is 9.69 Å². The Bertz CT molecular complexity index is 1240. The van der Waals surface area contributed by atoms with E-state index in [0.29, 0.717) is 30.7 Å². The average Bonchev–Trinajstić information content (AvgIpc) is 3.29. The van der Waals surface area contributed by atoms with Crippen molar-refractivity contribution in [3.63, 3.8) is 0 Å². The molecule has 214 valence electrons. The number of carbonyl (C=O) groups excluding carboxylic acids is 1. The van der Waals surface area contributed by atoms with E-state index in [9.17, 15) is 9.18 Å². The molecule has 0 spiro atoms. The number of halogens is 1. The van der Waals surface area contributed by atoms with Crippen molar-refractivity contribution in [3.8, 4) is 0 Å². The highest BCUT2D eigenvalue weighted by Crippen LogP contribution is 2.74. The van der Waals surface area contributed by atoms with Crippen LogP contribution in [0.25, 0.3) is 0 Å². The van der Waals surface area contributed by atoms with E-state index >= 15 is 0 Å². The molecule has 5 aliphatic carbocycles. The Morgan fingerprint density at radius 3 is 2.46 bits per heavy atom. The predicted molar refractivity (Wildman–Crippen MR) is 151 cm³/mol. The highest BCUT2D eigenvalue weighted by atomic mass is 19.1. The molecule has 0 radical (unpaired) electrons. The molecule has 6 aliphatic rings. The summed E-state index contributed by atoms with van der Waals surface area (Å²) in [4.78, 5) is 17.0. The topological polar surface area (TPSA) is 46.3 Å². The van der Waals surface area contributed by atoms with E-state index in [1.807, 2.05) is 6.20 Å². The SMILES string of the molecule is CC1(C)CC[C@]2(CN3CC(F)C3)CC[C@]3(C)[C@H](C(=O)C=C4[C@@]5(C)Cc6cnoc6C(C)(C)[C@@H]5CC[C@]43C)[C@@H]2C1. The maximum absolute atomic E-state index is 14.7. The quantitative estimate of drug-likeness (QED) is 0.397. The number of hydrogen-bond donors (Lipinski definition) is 0. The van der Waals surface area contributed by atoms with Crippen molar-refractivity contribution in [2.24, 2.45) is 44.8 Å². The van der Waals surface area contributed by atoms with Crippen molar-refractivity contribution in [3.05, 3.63) is 29.2 Å². The molecule has 2 heterocycles. The molecule has 0 aromatic carbocycles. The fourth-order valence-corrected chi connectivity index (χ4v) is 11.8. The van der Waals surface area contributed by atoms with Crippen LogP contribution in [0.1, 0.15) is 105 Å². The van der Waals surface area contributed by atoms with E-state index in [1.54, 1.807) is 0 Å². The molecule has 0 N–H and O–H groups in total. The number of aromatic nitrogens is 1. The second kappa shape index (κ2) is 7.86. The minimum Gasteiger partial charge on any atom is -0.361 e. The number of alkyl halides is 1. The number of rotatable bonds is 2. The van der Waals surface area contributed by atoms with Crippen molar-refractivity contribution < 1.29 is 13.7 Å². The number of nitrogens with zero attached hydrogens (tertiary/aromatic N) is 2. The number of hydrogen-bond acceptors (Lipinski definition) is 4. The van der Waals surface area contributed by atoms with Gasteiger partial charge in [0.1, 0.15) is 11.9 Å². The molecule has 3 saturated carbocycles. The van der Waals surface area contributed by atoms with Crippen molar-refractivity contribution in [2.45, 2.75) is 111 Å². The summed E-state index contributed by atoms with van der Waals surface area (Å²) >= 11 is 0. The van der Waals surface area contributed by atoms with Gasteiger partial charge in [0.05, 0.1) is 6.20 Å². The molecule has 0 amide bonds. The minimum absolute atomic E-state index is 0.00386. The number of ketones is 1. The minimum atomic E-state index is -0.670. The first-order chi connectivity index (χ1) is 18.2. The Kier molecular flexibility index (Phi) is 5.33. The van der Waals surface area contributed by atoms with Gasteiger partial charge < -0.3 is 4.52 Å². The largest absolute Gasteiger partial charge is 0.361 e. The van der Waals surface area contributed by atoms with Crippen LogP contribution in [0.5, 0.6) is 0 Å². The van der Waals surface area contributed by atoms with E-state index in [2.05, 4.69) is 64.6 Å². The zero-order chi connectivity index (χ0) is 27.8. The number of allylic oxidation sites excluding steroid dienone is 2. The van der Waals surface area contributed by atoms with Gasteiger partial charge in [0.25, 0.3) is 0 Å². The van der Waals surface area contributed by atoms with E-state index in [-0.39, 0.29) is 38.4 Å². The maximum atomic E-state index is 14.7. The number of likely N-dealkylation sites (tertiary alicyclic amines) is 1. The Morgan fingerprint density at radius 2 is 1.74 bits per heavy atom. The molecule has 1 aliphatic heterocycles. The first kappa shape index (κ1) is 26.4. The van der Waals surface area contributed by atoms with Gasteiger partial charge >= 0.3 is 0 Å². The lowest BCUT2D eigenvalue weighted by Crippen LogP contribution is -2.66. The smallest absolute Gasteiger partial charge is 0.159 e. The average molecular weight is 537 g/mol. The molecule has 0 unspecified atom stereocenters. The summed E-state index contributed by atoms with van der Waals surface area (Å²) in [5.74, 6) is 2.30. The molecule has 1 saturated heterocycles. The normalized spacial score (nSPS) is 46.6. The van der Waals surface area contributed by atoms with Crippen LogP contribution in [0.4, 0.5) is 4.39 Å². The third kappa shape index (κ3) is 3.32. The van der Waals surface area contributed by atoms with Crippen LogP contribution in [0.3, 0.4) is 0 Å². The molecule has 1 aromatic rings. The lowest BCUT2D eigenvalue weighted by molar-refractivity contribution is -0.178. The summed E-state index contributed by atoms with van der Waals surface area (Å²) in [7, 11) is 0. The standard InChI is InChI=1S/C34H49FN2O2/c1-29(2)10-12-34(20-37-18-22(35)19-37)13-11-33(7)27(23(34)16-29)24(38)14-26-31(5)15-21-17-36-39-28(21)30(3,4)25(31)8-9-32(26,33)6/h14,17,22-23,25,27H,8-13,15-16,18-20H2,1-7H3/t23-,25-,27-,31-,32+,33+,34+/m0/s1. The summed E-state index contributed by atoms with van der Waals surface area (Å²) in [5, 5.41) is 4.22. The van der Waals surface area contributed by atoms with E-state index in [0.717, 1.165) is 44.4 Å². The van der Waals surface area contributed by atoms with Gasteiger partial charge in [0.2, 0.25) is 0 Å². The zero-order valence-electron chi connectivity index (χ0n) is 25.3. The van der Waals surface area contributed by atoms with Gasteiger partial charge in [0, 0.05) is 36.5 Å². The molecule has 7 rings (SSSR count). The summed E-state index contributed by atoms with van der Waals surface area (Å²) in [6, 6.07) is 0. The molecule has 4 nitrogen and oxygen atoms in total. The highest BCUT2D eigenvalue weighted by Gasteiger charge is 2.70. The first-order valence-corrected chi connectivity index (χ1v) is 15.7. The van der Waals surface area contributed by atoms with Crippen LogP contribution in [-0.2, 0) is 16.6 Å². The zero-order valence-corrected chi connectivity index (χ0v) is 25.3. The molecule has 7 atom stereocenters.